The summed E-state index contributed by atoms with van der Waals surface area (Å²) >= 11 is 1.65. The Morgan fingerprint density at radius 2 is 1.94 bits per heavy atom. The first-order valence-corrected chi connectivity index (χ1v) is 5.96. The van der Waals surface area contributed by atoms with E-state index in [1.165, 1.54) is 0 Å². The second-order valence-electron chi connectivity index (χ2n) is 3.65. The van der Waals surface area contributed by atoms with E-state index in [1.807, 2.05) is 29.6 Å². The molecule has 0 fully saturated rings. The van der Waals surface area contributed by atoms with Gasteiger partial charge in [0.15, 0.2) is 11.5 Å². The van der Waals surface area contributed by atoms with Crippen molar-refractivity contribution in [2.24, 2.45) is 5.73 Å². The van der Waals surface area contributed by atoms with Crippen LogP contribution in [-0.2, 0) is 0 Å². The Kier molecular flexibility index (Phi) is 3.57. The number of nitrogens with two attached hydrogens (primary N) is 1. The third-order valence-electron chi connectivity index (χ3n) is 2.66. The Balaban J connectivity index is 0.00000108. The van der Waals surface area contributed by atoms with E-state index in [2.05, 4.69) is 5.38 Å². The van der Waals surface area contributed by atoms with E-state index in [1.54, 1.807) is 11.3 Å². The van der Waals surface area contributed by atoms with Gasteiger partial charge >= 0.3 is 0 Å². The lowest BCUT2D eigenvalue weighted by atomic mass is 10.0. The smallest absolute Gasteiger partial charge is 0.231 e. The molecule has 1 aromatic carbocycles. The van der Waals surface area contributed by atoms with Crippen molar-refractivity contribution in [1.82, 2.24) is 0 Å². The van der Waals surface area contributed by atoms with E-state index in [0.717, 1.165) is 22.6 Å². The van der Waals surface area contributed by atoms with E-state index in [0.29, 0.717) is 6.79 Å². The Labute approximate surface area is 110 Å². The molecule has 1 aliphatic rings. The Morgan fingerprint density at radius 1 is 1.12 bits per heavy atom. The van der Waals surface area contributed by atoms with Gasteiger partial charge in [0.05, 0.1) is 6.04 Å². The van der Waals surface area contributed by atoms with E-state index in [9.17, 15) is 0 Å². The molecule has 0 spiro atoms. The summed E-state index contributed by atoms with van der Waals surface area (Å²) in [4.78, 5) is 0. The molecular weight excluding hydrogens is 258 g/mol. The van der Waals surface area contributed by atoms with Gasteiger partial charge in [-0.3, -0.25) is 0 Å². The molecule has 0 aliphatic carbocycles. The summed E-state index contributed by atoms with van der Waals surface area (Å²) < 4.78 is 10.6. The average Bonchev–Trinajstić information content (AvgIpc) is 2.98. The van der Waals surface area contributed by atoms with Crippen LogP contribution < -0.4 is 15.2 Å². The minimum Gasteiger partial charge on any atom is -0.454 e. The first-order valence-electron chi connectivity index (χ1n) is 5.02. The van der Waals surface area contributed by atoms with Gasteiger partial charge in [0.2, 0.25) is 6.79 Å². The predicted molar refractivity (Wildman–Crippen MR) is 70.2 cm³/mol. The van der Waals surface area contributed by atoms with Gasteiger partial charge < -0.3 is 15.2 Å². The second-order valence-corrected chi connectivity index (χ2v) is 4.43. The zero-order valence-corrected chi connectivity index (χ0v) is 10.6. The van der Waals surface area contributed by atoms with Crippen LogP contribution in [0.3, 0.4) is 0 Å². The maximum absolute atomic E-state index is 6.17. The third kappa shape index (κ3) is 2.24. The quantitative estimate of drug-likeness (QED) is 0.912. The molecule has 17 heavy (non-hydrogen) atoms. The molecule has 0 saturated heterocycles. The minimum atomic E-state index is -0.0965. The van der Waals surface area contributed by atoms with Gasteiger partial charge in [-0.05, 0) is 40.1 Å². The molecule has 1 aliphatic heterocycles. The molecule has 90 valence electrons. The lowest BCUT2D eigenvalue weighted by Gasteiger charge is -2.10. The van der Waals surface area contributed by atoms with Crippen molar-refractivity contribution in [2.75, 3.05) is 6.79 Å². The molecule has 1 aromatic heterocycles. The zero-order valence-electron chi connectivity index (χ0n) is 8.96. The van der Waals surface area contributed by atoms with Crippen LogP contribution in [-0.4, -0.2) is 6.79 Å². The van der Waals surface area contributed by atoms with Crippen molar-refractivity contribution in [3.63, 3.8) is 0 Å². The van der Waals surface area contributed by atoms with Crippen molar-refractivity contribution in [2.45, 2.75) is 6.04 Å². The fourth-order valence-electron chi connectivity index (χ4n) is 1.75. The van der Waals surface area contributed by atoms with Gasteiger partial charge in [0, 0.05) is 0 Å². The number of fused-ring (bicyclic) bond motifs is 1. The average molecular weight is 270 g/mol. The van der Waals surface area contributed by atoms with Crippen LogP contribution >= 0.6 is 23.7 Å². The highest BCUT2D eigenvalue weighted by atomic mass is 35.5. The van der Waals surface area contributed by atoms with E-state index in [4.69, 9.17) is 15.2 Å². The highest BCUT2D eigenvalue weighted by molar-refractivity contribution is 7.08. The van der Waals surface area contributed by atoms with Gasteiger partial charge in [-0.25, -0.2) is 0 Å². The largest absolute Gasteiger partial charge is 0.454 e. The first kappa shape index (κ1) is 12.2. The SMILES string of the molecule is Cl.N[C@@H](c1ccsc1)c1ccc2c(c1)OCO2. The fraction of sp³-hybridized carbons (Fsp3) is 0.167. The van der Waals surface area contributed by atoms with E-state index < -0.39 is 0 Å². The zero-order chi connectivity index (χ0) is 11.0. The van der Waals surface area contributed by atoms with Crippen molar-refractivity contribution in [3.8, 4) is 11.5 Å². The normalized spacial score (nSPS) is 14.2. The minimum absolute atomic E-state index is 0. The summed E-state index contributed by atoms with van der Waals surface area (Å²) in [6, 6.07) is 7.78. The first-order chi connectivity index (χ1) is 7.84. The van der Waals surface area contributed by atoms with Gasteiger partial charge in [-0.15, -0.1) is 12.4 Å². The van der Waals surface area contributed by atoms with Gasteiger partial charge in [-0.2, -0.15) is 11.3 Å². The van der Waals surface area contributed by atoms with Crippen LogP contribution in [0.15, 0.2) is 35.0 Å². The maximum Gasteiger partial charge on any atom is 0.231 e. The fourth-order valence-corrected chi connectivity index (χ4v) is 2.45. The Morgan fingerprint density at radius 3 is 2.71 bits per heavy atom. The van der Waals surface area contributed by atoms with E-state index in [-0.39, 0.29) is 18.4 Å². The van der Waals surface area contributed by atoms with Crippen LogP contribution in [0.5, 0.6) is 11.5 Å². The molecule has 0 unspecified atom stereocenters. The molecule has 2 aromatic rings. The molecule has 0 bridgehead atoms. The molecule has 1 atom stereocenters. The lowest BCUT2D eigenvalue weighted by molar-refractivity contribution is 0.174. The lowest BCUT2D eigenvalue weighted by Crippen LogP contribution is -2.10. The monoisotopic (exact) mass is 269 g/mol. The number of halogens is 1. The van der Waals surface area contributed by atoms with Gasteiger partial charge in [-0.1, -0.05) is 6.07 Å². The number of rotatable bonds is 2. The van der Waals surface area contributed by atoms with Gasteiger partial charge in [0.25, 0.3) is 0 Å². The molecule has 5 heteroatoms. The number of thiophene rings is 1. The molecule has 0 amide bonds. The molecule has 0 saturated carbocycles. The van der Waals surface area contributed by atoms with Crippen molar-refractivity contribution in [1.29, 1.82) is 0 Å². The molecule has 3 rings (SSSR count). The van der Waals surface area contributed by atoms with Crippen molar-refractivity contribution in [3.05, 3.63) is 46.2 Å². The highest BCUT2D eigenvalue weighted by Crippen LogP contribution is 2.35. The summed E-state index contributed by atoms with van der Waals surface area (Å²) in [6.45, 7) is 0.298. The predicted octanol–water partition coefficient (Wildman–Crippen LogP) is 2.95. The van der Waals surface area contributed by atoms with Crippen LogP contribution in [0.4, 0.5) is 0 Å². The summed E-state index contributed by atoms with van der Waals surface area (Å²) in [5.41, 5.74) is 8.34. The molecular formula is C12H12ClNO2S. The summed E-state index contributed by atoms with van der Waals surface area (Å²) in [5, 5.41) is 4.09. The summed E-state index contributed by atoms with van der Waals surface area (Å²) in [6.07, 6.45) is 0. The number of hydrogen-bond donors (Lipinski definition) is 1. The van der Waals surface area contributed by atoms with Crippen molar-refractivity contribution >= 4 is 23.7 Å². The van der Waals surface area contributed by atoms with Crippen LogP contribution in [0, 0.1) is 0 Å². The standard InChI is InChI=1S/C12H11NO2S.ClH/c13-12(9-3-4-16-6-9)8-1-2-10-11(5-8)15-7-14-10;/h1-6,12H,7,13H2;1H/t12-;/m1./s1. The molecule has 2 N–H and O–H groups in total. The highest BCUT2D eigenvalue weighted by Gasteiger charge is 2.16. The molecule has 0 radical (unpaired) electrons. The van der Waals surface area contributed by atoms with Crippen LogP contribution in [0.25, 0.3) is 0 Å². The summed E-state index contributed by atoms with van der Waals surface area (Å²) in [7, 11) is 0. The number of ether oxygens (including phenoxy) is 2. The topological polar surface area (TPSA) is 44.5 Å². The number of benzene rings is 1. The third-order valence-corrected chi connectivity index (χ3v) is 3.36. The molecule has 2 heterocycles. The summed E-state index contributed by atoms with van der Waals surface area (Å²) in [5.74, 6) is 1.57. The van der Waals surface area contributed by atoms with Crippen LogP contribution in [0.2, 0.25) is 0 Å². The van der Waals surface area contributed by atoms with Crippen molar-refractivity contribution < 1.29 is 9.47 Å². The van der Waals surface area contributed by atoms with Crippen LogP contribution in [0.1, 0.15) is 17.2 Å². The van der Waals surface area contributed by atoms with E-state index >= 15 is 0 Å². The van der Waals surface area contributed by atoms with Gasteiger partial charge in [0.1, 0.15) is 0 Å². The Bertz CT molecular complexity index is 501. The maximum atomic E-state index is 6.17. The molecule has 3 nitrogen and oxygen atoms in total. The number of hydrogen-bond acceptors (Lipinski definition) is 4. The Hall–Kier alpha value is -1.23. The second kappa shape index (κ2) is 4.96.